The summed E-state index contributed by atoms with van der Waals surface area (Å²) >= 11 is 3.49. The van der Waals surface area contributed by atoms with E-state index in [-0.39, 0.29) is 11.6 Å². The maximum Gasteiger partial charge on any atom is 0.194 e. The lowest BCUT2D eigenvalue weighted by atomic mass is 9.83. The summed E-state index contributed by atoms with van der Waals surface area (Å²) in [5.41, 5.74) is 2.23. The molecule has 0 aliphatic heterocycles. The molecule has 2 aromatic heterocycles. The Morgan fingerprint density at radius 2 is 1.00 bits per heavy atom. The number of fused-ring (bicyclic) bond motifs is 4. The molecular formula is C26H24O2S2. The molecule has 0 saturated heterocycles. The van der Waals surface area contributed by atoms with Gasteiger partial charge in [-0.1, -0.05) is 26.7 Å². The first-order valence-electron chi connectivity index (χ1n) is 10.8. The van der Waals surface area contributed by atoms with E-state index in [9.17, 15) is 9.59 Å². The van der Waals surface area contributed by atoms with Crippen LogP contribution in [0, 0.1) is 0 Å². The third kappa shape index (κ3) is 3.23. The third-order valence-electron chi connectivity index (χ3n) is 5.95. The minimum Gasteiger partial charge on any atom is -0.289 e. The van der Waals surface area contributed by atoms with Gasteiger partial charge in [0.15, 0.2) is 11.6 Å². The van der Waals surface area contributed by atoms with Gasteiger partial charge in [0.05, 0.1) is 0 Å². The summed E-state index contributed by atoms with van der Waals surface area (Å²) in [6.45, 7) is 4.39. The van der Waals surface area contributed by atoms with Crippen LogP contribution in [0.1, 0.15) is 81.1 Å². The van der Waals surface area contributed by atoms with Crippen LogP contribution in [0.5, 0.6) is 0 Å². The molecule has 152 valence electrons. The van der Waals surface area contributed by atoms with Crippen LogP contribution in [0.4, 0.5) is 0 Å². The number of unbranched alkanes of at least 4 members (excludes halogenated alkanes) is 2. The molecule has 0 radical (unpaired) electrons. The Labute approximate surface area is 184 Å². The number of thiophene rings is 2. The van der Waals surface area contributed by atoms with Crippen LogP contribution < -0.4 is 0 Å². The highest BCUT2D eigenvalue weighted by molar-refractivity contribution is 7.19. The van der Waals surface area contributed by atoms with Crippen molar-refractivity contribution in [3.8, 4) is 0 Å². The van der Waals surface area contributed by atoms with Gasteiger partial charge < -0.3 is 0 Å². The molecule has 0 atom stereocenters. The quantitative estimate of drug-likeness (QED) is 0.277. The van der Waals surface area contributed by atoms with E-state index in [1.807, 2.05) is 24.3 Å². The number of aryl methyl sites for hydroxylation is 2. The molecule has 30 heavy (non-hydrogen) atoms. The first-order valence-corrected chi connectivity index (χ1v) is 12.4. The molecular weight excluding hydrogens is 408 g/mol. The Morgan fingerprint density at radius 1 is 0.600 bits per heavy atom. The zero-order valence-corrected chi connectivity index (χ0v) is 19.0. The van der Waals surface area contributed by atoms with Crippen LogP contribution in [0.3, 0.4) is 0 Å². The van der Waals surface area contributed by atoms with Crippen molar-refractivity contribution in [1.82, 2.24) is 0 Å². The molecule has 0 fully saturated rings. The van der Waals surface area contributed by atoms with Crippen LogP contribution in [-0.2, 0) is 12.8 Å². The molecule has 2 aromatic carbocycles. The van der Waals surface area contributed by atoms with Crippen molar-refractivity contribution in [3.05, 3.63) is 68.4 Å². The minimum atomic E-state index is -0.0222. The van der Waals surface area contributed by atoms with Gasteiger partial charge in [0.2, 0.25) is 0 Å². The average Bonchev–Trinajstić information content (AvgIpc) is 3.34. The van der Waals surface area contributed by atoms with Gasteiger partial charge in [-0.05, 0) is 72.9 Å². The lowest BCUT2D eigenvalue weighted by Gasteiger charge is -2.17. The summed E-state index contributed by atoms with van der Waals surface area (Å²) in [4.78, 5) is 29.4. The highest BCUT2D eigenvalue weighted by atomic mass is 32.1. The van der Waals surface area contributed by atoms with E-state index < -0.39 is 0 Å². The normalized spacial score (nSPS) is 13.3. The maximum absolute atomic E-state index is 13.4. The van der Waals surface area contributed by atoms with Gasteiger partial charge >= 0.3 is 0 Å². The smallest absolute Gasteiger partial charge is 0.194 e. The molecule has 2 nitrogen and oxygen atoms in total. The maximum atomic E-state index is 13.4. The molecule has 1 aliphatic rings. The van der Waals surface area contributed by atoms with Crippen LogP contribution in [0.15, 0.2) is 36.4 Å². The lowest BCUT2D eigenvalue weighted by molar-refractivity contribution is 0.0979. The predicted molar refractivity (Wildman–Crippen MR) is 128 cm³/mol. The van der Waals surface area contributed by atoms with Crippen molar-refractivity contribution in [2.75, 3.05) is 0 Å². The van der Waals surface area contributed by atoms with Crippen molar-refractivity contribution in [2.24, 2.45) is 0 Å². The molecule has 4 aromatic rings. The number of benzene rings is 2. The van der Waals surface area contributed by atoms with E-state index in [0.29, 0.717) is 22.3 Å². The van der Waals surface area contributed by atoms with Crippen LogP contribution in [-0.4, -0.2) is 11.6 Å². The van der Waals surface area contributed by atoms with Gasteiger partial charge in [0.25, 0.3) is 0 Å². The van der Waals surface area contributed by atoms with Crippen LogP contribution >= 0.6 is 22.7 Å². The second-order valence-corrected chi connectivity index (χ2v) is 10.5. The SMILES string of the molecule is CCCCc1cc2cc3c(cc2s1)C(=O)c1cc2sc(CCCC)cc2cc1C3=O. The summed E-state index contributed by atoms with van der Waals surface area (Å²) in [7, 11) is 0. The van der Waals surface area contributed by atoms with Gasteiger partial charge in [-0.2, -0.15) is 0 Å². The van der Waals surface area contributed by atoms with Crippen LogP contribution in [0.2, 0.25) is 0 Å². The molecule has 0 saturated carbocycles. The van der Waals surface area contributed by atoms with Gasteiger partial charge in [0, 0.05) is 41.4 Å². The van der Waals surface area contributed by atoms with Crippen molar-refractivity contribution in [3.63, 3.8) is 0 Å². The molecule has 5 rings (SSSR count). The van der Waals surface area contributed by atoms with Gasteiger partial charge in [0.1, 0.15) is 0 Å². The molecule has 1 aliphatic carbocycles. The zero-order chi connectivity index (χ0) is 20.8. The molecule has 0 spiro atoms. The Kier molecular flexibility index (Phi) is 5.08. The average molecular weight is 433 g/mol. The summed E-state index contributed by atoms with van der Waals surface area (Å²) in [5, 5.41) is 2.15. The Morgan fingerprint density at radius 3 is 1.40 bits per heavy atom. The number of carbonyl (C=O) groups excluding carboxylic acids is 2. The summed E-state index contributed by atoms with van der Waals surface area (Å²) < 4.78 is 2.20. The fourth-order valence-corrected chi connectivity index (χ4v) is 6.53. The van der Waals surface area contributed by atoms with Gasteiger partial charge in [-0.15, -0.1) is 22.7 Å². The Balaban J connectivity index is 1.60. The van der Waals surface area contributed by atoms with Crippen LogP contribution in [0.25, 0.3) is 20.2 Å². The van der Waals surface area contributed by atoms with E-state index in [2.05, 4.69) is 26.0 Å². The van der Waals surface area contributed by atoms with E-state index >= 15 is 0 Å². The Hall–Kier alpha value is -2.30. The molecule has 0 unspecified atom stereocenters. The summed E-state index contributed by atoms with van der Waals surface area (Å²) in [6, 6.07) is 12.1. The molecule has 0 bridgehead atoms. The highest BCUT2D eigenvalue weighted by Gasteiger charge is 2.31. The second kappa shape index (κ2) is 7.75. The van der Waals surface area contributed by atoms with Crippen molar-refractivity contribution in [2.45, 2.75) is 52.4 Å². The van der Waals surface area contributed by atoms with Crippen molar-refractivity contribution < 1.29 is 9.59 Å². The van der Waals surface area contributed by atoms with E-state index in [1.54, 1.807) is 22.7 Å². The first kappa shape index (κ1) is 19.7. The molecule has 2 heterocycles. The predicted octanol–water partition coefficient (Wildman–Crippen LogP) is 7.58. The Bertz CT molecular complexity index is 1120. The number of hydrogen-bond donors (Lipinski definition) is 0. The third-order valence-corrected chi connectivity index (χ3v) is 8.26. The minimum absolute atomic E-state index is 0.0181. The lowest BCUT2D eigenvalue weighted by Crippen LogP contribution is -2.20. The van der Waals surface area contributed by atoms with Gasteiger partial charge in [-0.25, -0.2) is 0 Å². The monoisotopic (exact) mass is 432 g/mol. The number of rotatable bonds is 6. The standard InChI is InChI=1S/C26H24O2S2/c1-3-5-7-17-9-15-11-19-21(13-23(15)29-17)26(28)22-14-24-16(12-20(22)25(19)27)10-18(30-24)8-6-4-2/h9-14H,3-8H2,1-2H3. The van der Waals surface area contributed by atoms with Gasteiger partial charge in [-0.3, -0.25) is 9.59 Å². The number of hydrogen-bond acceptors (Lipinski definition) is 4. The topological polar surface area (TPSA) is 34.1 Å². The fraction of sp³-hybridized carbons (Fsp3) is 0.308. The molecule has 4 heteroatoms. The molecule has 0 N–H and O–H groups in total. The van der Waals surface area contributed by atoms with Crippen molar-refractivity contribution in [1.29, 1.82) is 0 Å². The first-order chi connectivity index (χ1) is 14.6. The molecule has 0 amide bonds. The summed E-state index contributed by atoms with van der Waals surface area (Å²) in [6.07, 6.45) is 6.75. The zero-order valence-electron chi connectivity index (χ0n) is 17.3. The van der Waals surface area contributed by atoms with E-state index in [0.717, 1.165) is 58.7 Å². The van der Waals surface area contributed by atoms with E-state index in [4.69, 9.17) is 0 Å². The highest BCUT2D eigenvalue weighted by Crippen LogP contribution is 2.37. The largest absolute Gasteiger partial charge is 0.289 e. The van der Waals surface area contributed by atoms with E-state index in [1.165, 1.54) is 9.75 Å². The fourth-order valence-electron chi connectivity index (χ4n) is 4.27. The second-order valence-electron chi connectivity index (χ2n) is 8.16. The number of carbonyl (C=O) groups is 2. The summed E-state index contributed by atoms with van der Waals surface area (Å²) in [5.74, 6) is -0.0403. The number of ketones is 2. The van der Waals surface area contributed by atoms with Crippen molar-refractivity contribution >= 4 is 54.4 Å².